The minimum Gasteiger partial charge on any atom is -0.307 e. The molecule has 3 aliphatic heterocycles. The number of hydrogen-bond acceptors (Lipinski definition) is 4. The highest BCUT2D eigenvalue weighted by atomic mass is 32.2. The monoisotopic (exact) mass is 358 g/mol. The predicted octanol–water partition coefficient (Wildman–Crippen LogP) is 3.49. The van der Waals surface area contributed by atoms with Gasteiger partial charge < -0.3 is 10.2 Å². The van der Waals surface area contributed by atoms with Crippen molar-refractivity contribution in [3.05, 3.63) is 33.7 Å². The minimum atomic E-state index is -0.282. The van der Waals surface area contributed by atoms with Crippen LogP contribution in [0.15, 0.2) is 17.0 Å². The largest absolute Gasteiger partial charge is 0.307 e. The number of rotatable bonds is 0. The summed E-state index contributed by atoms with van der Waals surface area (Å²) < 4.78 is 0.408. The number of amides is 2. The third kappa shape index (κ3) is 2.02. The van der Waals surface area contributed by atoms with E-state index < -0.39 is 0 Å². The summed E-state index contributed by atoms with van der Waals surface area (Å²) in [6.07, 6.45) is 0.898. The van der Waals surface area contributed by atoms with E-state index in [2.05, 4.69) is 32.2 Å². The highest BCUT2D eigenvalue weighted by molar-refractivity contribution is 8.27. The van der Waals surface area contributed by atoms with Gasteiger partial charge in [0.05, 0.1) is 16.2 Å². The molecule has 3 heterocycles. The molecule has 1 aromatic rings. The number of carbonyl (C=O) groups is 2. The highest BCUT2D eigenvalue weighted by Crippen LogP contribution is 2.53. The number of thiocarbonyl (C=S) groups is 1. The van der Waals surface area contributed by atoms with Crippen LogP contribution in [-0.2, 0) is 9.59 Å². The first-order valence-corrected chi connectivity index (χ1v) is 9.20. The van der Waals surface area contributed by atoms with E-state index in [1.807, 2.05) is 17.9 Å². The Bertz CT molecular complexity index is 870. The number of carbonyl (C=O) groups excluding carboxylic acids is 2. The summed E-state index contributed by atoms with van der Waals surface area (Å²) in [5, 5.41) is 2.63. The second kappa shape index (κ2) is 4.92. The molecular formula is C18H18N2O2S2. The normalized spacial score (nSPS) is 27.6. The molecule has 3 aliphatic rings. The molecule has 1 fully saturated rings. The standard InChI is InChI=1S/C18H18N2O2S2/c1-8-5-10-9(2)7-18(3,4)20-13(10)11(6-8)12(16(20)22)14-15(21)19-17(23)24-14/h5-6,9H,7H2,1-4H3,(H,19,21,23)/b14-12-. The Morgan fingerprint density at radius 2 is 2.04 bits per heavy atom. The van der Waals surface area contributed by atoms with Gasteiger partial charge in [-0.05, 0) is 44.7 Å². The van der Waals surface area contributed by atoms with Crippen LogP contribution < -0.4 is 10.2 Å². The second-order valence-corrected chi connectivity index (χ2v) is 9.04. The summed E-state index contributed by atoms with van der Waals surface area (Å²) in [5.74, 6) is 0.0126. The quantitative estimate of drug-likeness (QED) is 0.570. The lowest BCUT2D eigenvalue weighted by Gasteiger charge is -2.43. The first-order chi connectivity index (χ1) is 11.2. The summed E-state index contributed by atoms with van der Waals surface area (Å²) in [5.41, 5.74) is 4.36. The summed E-state index contributed by atoms with van der Waals surface area (Å²) in [7, 11) is 0. The van der Waals surface area contributed by atoms with Crippen molar-refractivity contribution >= 4 is 51.4 Å². The van der Waals surface area contributed by atoms with Crippen molar-refractivity contribution in [2.45, 2.75) is 45.6 Å². The van der Waals surface area contributed by atoms with E-state index in [1.54, 1.807) is 0 Å². The van der Waals surface area contributed by atoms with Crippen LogP contribution in [0.5, 0.6) is 0 Å². The van der Waals surface area contributed by atoms with Gasteiger partial charge in [-0.3, -0.25) is 9.59 Å². The van der Waals surface area contributed by atoms with Crippen molar-refractivity contribution in [3.63, 3.8) is 0 Å². The average Bonchev–Trinajstić information content (AvgIpc) is 2.92. The molecule has 2 amide bonds. The van der Waals surface area contributed by atoms with Crippen LogP contribution in [0.1, 0.15) is 49.8 Å². The lowest BCUT2D eigenvalue weighted by Crippen LogP contribution is -2.49. The molecule has 0 aromatic heterocycles. The van der Waals surface area contributed by atoms with Gasteiger partial charge >= 0.3 is 0 Å². The van der Waals surface area contributed by atoms with Crippen LogP contribution in [-0.4, -0.2) is 21.7 Å². The summed E-state index contributed by atoms with van der Waals surface area (Å²) >= 11 is 6.29. The smallest absolute Gasteiger partial charge is 0.264 e. The Balaban J connectivity index is 2.06. The van der Waals surface area contributed by atoms with Gasteiger partial charge in [-0.25, -0.2) is 0 Å². The number of thioether (sulfide) groups is 1. The Hall–Kier alpha value is -1.66. The Morgan fingerprint density at radius 1 is 1.33 bits per heavy atom. The molecule has 124 valence electrons. The first kappa shape index (κ1) is 15.8. The van der Waals surface area contributed by atoms with Crippen molar-refractivity contribution < 1.29 is 9.59 Å². The molecule has 1 saturated heterocycles. The van der Waals surface area contributed by atoms with Crippen molar-refractivity contribution in [1.82, 2.24) is 5.32 Å². The van der Waals surface area contributed by atoms with Crippen LogP contribution in [0, 0.1) is 6.92 Å². The highest BCUT2D eigenvalue weighted by Gasteiger charge is 2.49. The van der Waals surface area contributed by atoms with E-state index in [4.69, 9.17) is 12.2 Å². The molecule has 24 heavy (non-hydrogen) atoms. The van der Waals surface area contributed by atoms with E-state index in [1.165, 1.54) is 17.3 Å². The molecule has 0 radical (unpaired) electrons. The summed E-state index contributed by atoms with van der Waals surface area (Å²) in [6.45, 7) is 8.42. The first-order valence-electron chi connectivity index (χ1n) is 7.97. The number of nitrogens with zero attached hydrogens (tertiary/aromatic N) is 1. The van der Waals surface area contributed by atoms with Crippen LogP contribution in [0.4, 0.5) is 5.69 Å². The fourth-order valence-electron chi connectivity index (χ4n) is 4.18. The van der Waals surface area contributed by atoms with Gasteiger partial charge in [0.25, 0.3) is 11.8 Å². The maximum atomic E-state index is 13.3. The third-order valence-corrected chi connectivity index (χ3v) is 6.21. The van der Waals surface area contributed by atoms with E-state index in [0.29, 0.717) is 20.7 Å². The molecular weight excluding hydrogens is 340 g/mol. The van der Waals surface area contributed by atoms with E-state index in [9.17, 15) is 9.59 Å². The molecule has 1 atom stereocenters. The second-order valence-electron chi connectivity index (χ2n) is 7.36. The summed E-state index contributed by atoms with van der Waals surface area (Å²) in [6, 6.07) is 4.18. The molecule has 1 unspecified atom stereocenters. The lowest BCUT2D eigenvalue weighted by atomic mass is 9.80. The van der Waals surface area contributed by atoms with Crippen LogP contribution in [0.2, 0.25) is 0 Å². The van der Waals surface area contributed by atoms with Gasteiger partial charge in [0.15, 0.2) is 0 Å². The molecule has 6 heteroatoms. The molecule has 0 bridgehead atoms. The van der Waals surface area contributed by atoms with Crippen molar-refractivity contribution in [3.8, 4) is 0 Å². The van der Waals surface area contributed by atoms with Gasteiger partial charge in [-0.1, -0.05) is 42.5 Å². The Labute approximate surface area is 150 Å². The number of nitrogens with one attached hydrogen (secondary N) is 1. The Morgan fingerprint density at radius 3 is 2.67 bits per heavy atom. The Kier molecular flexibility index (Phi) is 3.25. The molecule has 0 aliphatic carbocycles. The molecule has 4 rings (SSSR count). The topological polar surface area (TPSA) is 49.4 Å². The van der Waals surface area contributed by atoms with Crippen LogP contribution >= 0.6 is 24.0 Å². The third-order valence-electron chi connectivity index (χ3n) is 4.98. The molecule has 0 saturated carbocycles. The number of hydrogen-bond donors (Lipinski definition) is 1. The van der Waals surface area contributed by atoms with E-state index in [-0.39, 0.29) is 17.4 Å². The van der Waals surface area contributed by atoms with E-state index in [0.717, 1.165) is 23.2 Å². The van der Waals surface area contributed by atoms with Crippen molar-refractivity contribution in [1.29, 1.82) is 0 Å². The average molecular weight is 358 g/mol. The molecule has 1 aromatic carbocycles. The van der Waals surface area contributed by atoms with Gasteiger partial charge in [0.1, 0.15) is 4.32 Å². The molecule has 1 N–H and O–H groups in total. The minimum absolute atomic E-state index is 0.0869. The fraction of sp³-hybridized carbons (Fsp3) is 0.389. The molecule has 4 nitrogen and oxygen atoms in total. The van der Waals surface area contributed by atoms with Gasteiger partial charge in [-0.15, -0.1) is 0 Å². The van der Waals surface area contributed by atoms with Crippen molar-refractivity contribution in [2.24, 2.45) is 0 Å². The zero-order valence-corrected chi connectivity index (χ0v) is 15.7. The zero-order valence-electron chi connectivity index (χ0n) is 14.0. The predicted molar refractivity (Wildman–Crippen MR) is 101 cm³/mol. The van der Waals surface area contributed by atoms with Crippen LogP contribution in [0.3, 0.4) is 0 Å². The van der Waals surface area contributed by atoms with Crippen LogP contribution in [0.25, 0.3) is 5.57 Å². The molecule has 0 spiro atoms. The summed E-state index contributed by atoms with van der Waals surface area (Å²) in [4.78, 5) is 27.9. The van der Waals surface area contributed by atoms with Gasteiger partial charge in [-0.2, -0.15) is 0 Å². The number of anilines is 1. The van der Waals surface area contributed by atoms with E-state index >= 15 is 0 Å². The maximum Gasteiger partial charge on any atom is 0.264 e. The number of benzene rings is 1. The van der Waals surface area contributed by atoms with Crippen molar-refractivity contribution in [2.75, 3.05) is 4.90 Å². The maximum absolute atomic E-state index is 13.3. The van der Waals surface area contributed by atoms with Gasteiger partial charge in [0, 0.05) is 11.1 Å². The zero-order chi connectivity index (χ0) is 17.4. The number of aryl methyl sites for hydroxylation is 1. The van der Waals surface area contributed by atoms with Gasteiger partial charge in [0.2, 0.25) is 0 Å². The fourth-order valence-corrected chi connectivity index (χ4v) is 5.29. The lowest BCUT2D eigenvalue weighted by molar-refractivity contribution is -0.116. The SMILES string of the molecule is Cc1cc2c3c(c1)C(C)CC(C)(C)N3C(=O)/C2=C1\SC(=S)NC1=O.